The summed E-state index contributed by atoms with van der Waals surface area (Å²) in [5.41, 5.74) is 5.61. The van der Waals surface area contributed by atoms with Gasteiger partial charge in [-0.15, -0.1) is 0 Å². The van der Waals surface area contributed by atoms with Gasteiger partial charge < -0.3 is 9.80 Å². The van der Waals surface area contributed by atoms with Gasteiger partial charge in [0.05, 0.1) is 5.69 Å². The Bertz CT molecular complexity index is 1020. The Morgan fingerprint density at radius 2 is 2.00 bits per heavy atom. The van der Waals surface area contributed by atoms with Gasteiger partial charge in [0.15, 0.2) is 0 Å². The van der Waals surface area contributed by atoms with Crippen LogP contribution in [0.3, 0.4) is 0 Å². The Balaban J connectivity index is 1.38. The molecular weight excluding hydrogens is 442 g/mol. The van der Waals surface area contributed by atoms with Crippen molar-refractivity contribution in [3.63, 3.8) is 0 Å². The Labute approximate surface area is 210 Å². The molecule has 0 radical (unpaired) electrons. The maximum absolute atomic E-state index is 12.8. The molecular formula is C29H38ClN3O. The number of ketones is 1. The van der Waals surface area contributed by atoms with Crippen LogP contribution in [0.1, 0.15) is 63.0 Å². The molecule has 0 amide bonds. The minimum atomic E-state index is 0.148. The van der Waals surface area contributed by atoms with E-state index in [1.165, 1.54) is 12.0 Å². The second-order valence-corrected chi connectivity index (χ2v) is 10.3. The molecule has 0 saturated carbocycles. The molecule has 4 nitrogen and oxygen atoms in total. The molecule has 5 heteroatoms. The van der Waals surface area contributed by atoms with Crippen LogP contribution < -0.4 is 4.90 Å². The highest BCUT2D eigenvalue weighted by molar-refractivity contribution is 6.34. The monoisotopic (exact) mass is 479 g/mol. The van der Waals surface area contributed by atoms with E-state index in [1.807, 2.05) is 12.1 Å². The normalized spacial score (nSPS) is 18.1. The third kappa shape index (κ3) is 6.28. The number of anilines is 1. The summed E-state index contributed by atoms with van der Waals surface area (Å²) >= 11 is 6.65. The molecule has 2 aromatic rings. The van der Waals surface area contributed by atoms with Gasteiger partial charge in [-0.05, 0) is 94.9 Å². The topological polar surface area (TPSA) is 35.9 Å². The summed E-state index contributed by atoms with van der Waals surface area (Å²) in [4.78, 5) is 22.5. The molecule has 34 heavy (non-hydrogen) atoms. The molecule has 0 aromatic heterocycles. The predicted molar refractivity (Wildman–Crippen MR) is 144 cm³/mol. The highest BCUT2D eigenvalue weighted by Crippen LogP contribution is 2.32. The van der Waals surface area contributed by atoms with Crippen LogP contribution in [0.15, 0.2) is 47.5 Å². The zero-order valence-corrected chi connectivity index (χ0v) is 21.5. The van der Waals surface area contributed by atoms with E-state index in [0.717, 1.165) is 92.4 Å². The molecule has 0 aliphatic carbocycles. The lowest BCUT2D eigenvalue weighted by molar-refractivity contribution is -0.122. The SMILES string of the molecule is CCCN(C)CCCCC(=O)C1CCN(c2ccc(Cl)c(C3=Nc4ccccc4CCC3)c2)C1. The number of Topliss-reactive ketones (excluding diaryl/α,β-unsaturated/α-hetero) is 1. The Hall–Kier alpha value is -2.17. The summed E-state index contributed by atoms with van der Waals surface area (Å²) in [6.07, 6.45) is 7.98. The summed E-state index contributed by atoms with van der Waals surface area (Å²) in [7, 11) is 2.17. The van der Waals surface area contributed by atoms with Gasteiger partial charge in [-0.2, -0.15) is 0 Å². The van der Waals surface area contributed by atoms with Crippen LogP contribution in [0, 0.1) is 5.92 Å². The van der Waals surface area contributed by atoms with Crippen LogP contribution in [0.5, 0.6) is 0 Å². The van der Waals surface area contributed by atoms with Gasteiger partial charge in [0, 0.05) is 47.4 Å². The van der Waals surface area contributed by atoms with Crippen molar-refractivity contribution in [2.45, 2.75) is 58.3 Å². The summed E-state index contributed by atoms with van der Waals surface area (Å²) < 4.78 is 0. The number of rotatable bonds is 10. The molecule has 1 unspecified atom stereocenters. The molecule has 1 saturated heterocycles. The van der Waals surface area contributed by atoms with Gasteiger partial charge >= 0.3 is 0 Å². The molecule has 0 bridgehead atoms. The number of hydrogen-bond donors (Lipinski definition) is 0. The van der Waals surface area contributed by atoms with Crippen molar-refractivity contribution in [2.75, 3.05) is 38.1 Å². The first-order valence-corrected chi connectivity index (χ1v) is 13.3. The zero-order valence-electron chi connectivity index (χ0n) is 20.7. The first-order valence-electron chi connectivity index (χ1n) is 13.0. The van der Waals surface area contributed by atoms with Crippen LogP contribution >= 0.6 is 11.6 Å². The van der Waals surface area contributed by atoms with E-state index in [9.17, 15) is 4.79 Å². The second-order valence-electron chi connectivity index (χ2n) is 9.86. The molecule has 2 heterocycles. The van der Waals surface area contributed by atoms with Crippen LogP contribution in [0.4, 0.5) is 11.4 Å². The fourth-order valence-electron chi connectivity index (χ4n) is 5.24. The van der Waals surface area contributed by atoms with E-state index in [1.54, 1.807) is 0 Å². The highest BCUT2D eigenvalue weighted by atomic mass is 35.5. The molecule has 1 atom stereocenters. The number of para-hydroxylation sites is 1. The van der Waals surface area contributed by atoms with E-state index in [4.69, 9.17) is 16.6 Å². The lowest BCUT2D eigenvalue weighted by Gasteiger charge is -2.20. The summed E-state index contributed by atoms with van der Waals surface area (Å²) in [6, 6.07) is 14.7. The van der Waals surface area contributed by atoms with Gasteiger partial charge in [0.2, 0.25) is 0 Å². The minimum Gasteiger partial charge on any atom is -0.371 e. The van der Waals surface area contributed by atoms with E-state index in [-0.39, 0.29) is 5.92 Å². The Morgan fingerprint density at radius 1 is 1.15 bits per heavy atom. The molecule has 182 valence electrons. The zero-order chi connectivity index (χ0) is 23.9. The van der Waals surface area contributed by atoms with Gasteiger partial charge in [-0.25, -0.2) is 0 Å². The van der Waals surface area contributed by atoms with Gasteiger partial charge in [-0.3, -0.25) is 9.79 Å². The van der Waals surface area contributed by atoms with Crippen LogP contribution in [-0.2, 0) is 11.2 Å². The predicted octanol–water partition coefficient (Wildman–Crippen LogP) is 6.70. The van der Waals surface area contributed by atoms with Crippen molar-refractivity contribution < 1.29 is 4.79 Å². The quantitative estimate of drug-likeness (QED) is 0.355. The fourth-order valence-corrected chi connectivity index (χ4v) is 5.47. The lowest BCUT2D eigenvalue weighted by Crippen LogP contribution is -2.23. The summed E-state index contributed by atoms with van der Waals surface area (Å²) in [5.74, 6) is 0.578. The molecule has 2 aromatic carbocycles. The number of carbonyl (C=O) groups excluding carboxylic acids is 1. The highest BCUT2D eigenvalue weighted by Gasteiger charge is 2.28. The molecule has 1 fully saturated rings. The van der Waals surface area contributed by atoms with E-state index in [0.29, 0.717) is 12.2 Å². The average molecular weight is 480 g/mol. The maximum Gasteiger partial charge on any atom is 0.137 e. The van der Waals surface area contributed by atoms with E-state index in [2.05, 4.69) is 54.1 Å². The molecule has 0 N–H and O–H groups in total. The Kier molecular flexibility index (Phi) is 8.80. The van der Waals surface area contributed by atoms with Gasteiger partial charge in [0.25, 0.3) is 0 Å². The minimum absolute atomic E-state index is 0.148. The standard InChI is InChI=1S/C29H38ClN3O/c1-3-17-32(2)18-7-6-13-29(34)23-16-19-33(21-23)24-14-15-26(30)25(20-24)28-12-8-10-22-9-4-5-11-27(22)31-28/h4-5,9,11,14-15,20,23H,3,6-8,10,12-13,16-19,21H2,1-2H3. The van der Waals surface area contributed by atoms with Crippen molar-refractivity contribution in [3.05, 3.63) is 58.6 Å². The number of aliphatic imine (C=N–C) groups is 1. The number of aryl methyl sites for hydroxylation is 1. The van der Waals surface area contributed by atoms with Crippen molar-refractivity contribution in [3.8, 4) is 0 Å². The number of halogens is 1. The van der Waals surface area contributed by atoms with Crippen molar-refractivity contribution >= 4 is 34.5 Å². The van der Waals surface area contributed by atoms with Crippen molar-refractivity contribution in [1.29, 1.82) is 0 Å². The summed E-state index contributed by atoms with van der Waals surface area (Å²) in [5, 5.41) is 0.752. The third-order valence-corrected chi connectivity index (χ3v) is 7.52. The first kappa shape index (κ1) is 24.9. The van der Waals surface area contributed by atoms with Crippen LogP contribution in [-0.4, -0.2) is 49.6 Å². The van der Waals surface area contributed by atoms with Crippen LogP contribution in [0.2, 0.25) is 5.02 Å². The number of fused-ring (bicyclic) bond motifs is 1. The maximum atomic E-state index is 12.8. The number of nitrogens with zero attached hydrogens (tertiary/aromatic N) is 3. The molecule has 4 rings (SSSR count). The third-order valence-electron chi connectivity index (χ3n) is 7.19. The number of unbranched alkanes of at least 4 members (excludes halogenated alkanes) is 1. The largest absolute Gasteiger partial charge is 0.371 e. The van der Waals surface area contributed by atoms with E-state index >= 15 is 0 Å². The van der Waals surface area contributed by atoms with Crippen LogP contribution in [0.25, 0.3) is 0 Å². The number of benzene rings is 2. The average Bonchev–Trinajstić information content (AvgIpc) is 3.23. The Morgan fingerprint density at radius 3 is 2.85 bits per heavy atom. The number of carbonyl (C=O) groups is 1. The number of hydrogen-bond acceptors (Lipinski definition) is 4. The fraction of sp³-hybridized carbons (Fsp3) is 0.517. The van der Waals surface area contributed by atoms with Crippen molar-refractivity contribution in [2.24, 2.45) is 10.9 Å². The molecule has 2 aliphatic rings. The first-order chi connectivity index (χ1) is 16.5. The van der Waals surface area contributed by atoms with Crippen molar-refractivity contribution in [1.82, 2.24) is 4.90 Å². The molecule has 2 aliphatic heterocycles. The summed E-state index contributed by atoms with van der Waals surface area (Å²) in [6.45, 7) is 6.16. The smallest absolute Gasteiger partial charge is 0.137 e. The molecule has 0 spiro atoms. The second kappa shape index (κ2) is 12.0. The lowest BCUT2D eigenvalue weighted by atomic mass is 9.99. The van der Waals surface area contributed by atoms with Gasteiger partial charge in [-0.1, -0.05) is 36.7 Å². The van der Waals surface area contributed by atoms with Gasteiger partial charge in [0.1, 0.15) is 5.78 Å². The van der Waals surface area contributed by atoms with E-state index < -0.39 is 0 Å².